The quantitative estimate of drug-likeness (QED) is 0.284. The molecule has 2 amide bonds. The Labute approximate surface area is 222 Å². The van der Waals surface area contributed by atoms with Crippen LogP contribution in [0, 0.1) is 0 Å². The molecule has 0 spiro atoms. The number of hydrogen-bond acceptors (Lipinski definition) is 3. The minimum Gasteiger partial charge on any atom is -0.497 e. The van der Waals surface area contributed by atoms with Gasteiger partial charge in [0.15, 0.2) is 0 Å². The molecule has 0 aliphatic heterocycles. The molecule has 0 radical (unpaired) electrons. The lowest BCUT2D eigenvalue weighted by Gasteiger charge is -2.32. The lowest BCUT2D eigenvalue weighted by molar-refractivity contribution is -0.141. The first-order chi connectivity index (χ1) is 18.0. The van der Waals surface area contributed by atoms with Gasteiger partial charge in [0.1, 0.15) is 11.8 Å². The second-order valence-corrected chi connectivity index (χ2v) is 9.13. The zero-order chi connectivity index (χ0) is 26.0. The van der Waals surface area contributed by atoms with E-state index in [9.17, 15) is 9.59 Å². The average molecular weight is 513 g/mol. The Morgan fingerprint density at radius 1 is 0.784 bits per heavy atom. The summed E-state index contributed by atoms with van der Waals surface area (Å²) in [6.07, 6.45) is 0.184. The van der Waals surface area contributed by atoms with Crippen molar-refractivity contribution >= 4 is 23.4 Å². The number of rotatable bonds is 10. The smallest absolute Gasteiger partial charge is 0.247 e. The molecule has 0 saturated heterocycles. The number of methoxy groups -OCH3 is 1. The van der Waals surface area contributed by atoms with E-state index < -0.39 is 6.04 Å². The molecule has 0 saturated carbocycles. The molecule has 188 valence electrons. The summed E-state index contributed by atoms with van der Waals surface area (Å²) in [7, 11) is 1.61. The van der Waals surface area contributed by atoms with Crippen LogP contribution in [0.3, 0.4) is 0 Å². The van der Waals surface area contributed by atoms with Crippen molar-refractivity contribution in [3.8, 4) is 5.75 Å². The van der Waals surface area contributed by atoms with Crippen molar-refractivity contribution in [1.29, 1.82) is 0 Å². The summed E-state index contributed by atoms with van der Waals surface area (Å²) in [5, 5.41) is 3.65. The highest BCUT2D eigenvalue weighted by Gasteiger charge is 2.31. The molecule has 4 rings (SSSR count). The van der Waals surface area contributed by atoms with Gasteiger partial charge >= 0.3 is 0 Å². The van der Waals surface area contributed by atoms with E-state index in [0.29, 0.717) is 11.6 Å². The summed E-state index contributed by atoms with van der Waals surface area (Å²) in [5.41, 5.74) is 3.44. The summed E-state index contributed by atoms with van der Waals surface area (Å²) >= 11 is 6.09. The summed E-state index contributed by atoms with van der Waals surface area (Å²) in [4.78, 5) is 29.1. The van der Waals surface area contributed by atoms with Crippen molar-refractivity contribution in [3.63, 3.8) is 0 Å². The zero-order valence-corrected chi connectivity index (χ0v) is 21.4. The monoisotopic (exact) mass is 512 g/mol. The molecular weight excluding hydrogens is 484 g/mol. The van der Waals surface area contributed by atoms with Crippen molar-refractivity contribution in [2.24, 2.45) is 0 Å². The number of benzene rings is 4. The predicted molar refractivity (Wildman–Crippen MR) is 146 cm³/mol. The van der Waals surface area contributed by atoms with Gasteiger partial charge in [-0.2, -0.15) is 0 Å². The molecule has 0 aromatic heterocycles. The fourth-order valence-electron chi connectivity index (χ4n) is 4.12. The van der Waals surface area contributed by atoms with E-state index in [1.807, 2.05) is 97.1 Å². The van der Waals surface area contributed by atoms with Gasteiger partial charge in [-0.15, -0.1) is 0 Å². The second kappa shape index (κ2) is 12.7. The van der Waals surface area contributed by atoms with E-state index >= 15 is 0 Å². The Bertz CT molecular complexity index is 1290. The Hall–Kier alpha value is -4.09. The summed E-state index contributed by atoms with van der Waals surface area (Å²) in [6, 6.07) is 33.0. The highest BCUT2D eigenvalue weighted by atomic mass is 35.5. The molecule has 5 nitrogen and oxygen atoms in total. The van der Waals surface area contributed by atoms with E-state index in [4.69, 9.17) is 16.3 Å². The minimum atomic E-state index is -0.814. The molecule has 1 atom stereocenters. The molecule has 0 aliphatic carbocycles. The summed E-state index contributed by atoms with van der Waals surface area (Å²) in [5.74, 6) is 0.352. The van der Waals surface area contributed by atoms with Gasteiger partial charge in [0, 0.05) is 18.1 Å². The van der Waals surface area contributed by atoms with Crippen molar-refractivity contribution < 1.29 is 14.3 Å². The van der Waals surface area contributed by atoms with Gasteiger partial charge in [-0.05, 0) is 46.5 Å². The van der Waals surface area contributed by atoms with Gasteiger partial charge in [0.05, 0.1) is 13.5 Å². The van der Waals surface area contributed by atoms with E-state index in [1.54, 1.807) is 24.1 Å². The van der Waals surface area contributed by atoms with Crippen LogP contribution in [-0.4, -0.2) is 23.8 Å². The van der Waals surface area contributed by atoms with Gasteiger partial charge in [0.25, 0.3) is 0 Å². The van der Waals surface area contributed by atoms with Gasteiger partial charge in [0.2, 0.25) is 11.8 Å². The van der Waals surface area contributed by atoms with Gasteiger partial charge in [-0.25, -0.2) is 0 Å². The maximum Gasteiger partial charge on any atom is 0.247 e. The Kier molecular flexibility index (Phi) is 8.95. The van der Waals surface area contributed by atoms with E-state index in [2.05, 4.69) is 5.32 Å². The summed E-state index contributed by atoms with van der Waals surface area (Å²) < 4.78 is 5.22. The maximum absolute atomic E-state index is 13.8. The molecule has 4 aromatic carbocycles. The number of nitrogens with zero attached hydrogens (tertiary/aromatic N) is 1. The Morgan fingerprint density at radius 2 is 1.38 bits per heavy atom. The molecule has 37 heavy (non-hydrogen) atoms. The number of carbonyl (C=O) groups excluding carboxylic acids is 2. The van der Waals surface area contributed by atoms with Crippen LogP contribution in [0.5, 0.6) is 5.75 Å². The van der Waals surface area contributed by atoms with Crippen LogP contribution in [0.4, 0.5) is 0 Å². The molecule has 4 aromatic rings. The van der Waals surface area contributed by atoms with Crippen molar-refractivity contribution in [3.05, 3.63) is 136 Å². The molecule has 0 unspecified atom stereocenters. The highest BCUT2D eigenvalue weighted by Crippen LogP contribution is 2.26. The first kappa shape index (κ1) is 26.0. The number of nitrogens with one attached hydrogen (secondary N) is 1. The van der Waals surface area contributed by atoms with E-state index in [-0.39, 0.29) is 24.8 Å². The van der Waals surface area contributed by atoms with E-state index in [0.717, 1.165) is 28.0 Å². The van der Waals surface area contributed by atoms with Crippen molar-refractivity contribution in [1.82, 2.24) is 10.2 Å². The Balaban J connectivity index is 1.64. The molecule has 0 bridgehead atoms. The van der Waals surface area contributed by atoms with Crippen LogP contribution in [0.2, 0.25) is 5.02 Å². The topological polar surface area (TPSA) is 58.6 Å². The molecule has 1 N–H and O–H groups in total. The first-order valence-electron chi connectivity index (χ1n) is 12.1. The van der Waals surface area contributed by atoms with Crippen LogP contribution in [0.1, 0.15) is 28.3 Å². The van der Waals surface area contributed by atoms with Gasteiger partial charge < -0.3 is 15.0 Å². The van der Waals surface area contributed by atoms with Crippen LogP contribution in [0.25, 0.3) is 0 Å². The molecule has 0 heterocycles. The number of hydrogen-bond donors (Lipinski definition) is 1. The van der Waals surface area contributed by atoms with Crippen LogP contribution in [0.15, 0.2) is 109 Å². The molecule has 0 aliphatic rings. The SMILES string of the molecule is COc1ccc(CNC(=O)[C@@H](c2ccccc2)N(Cc2ccc(Cl)cc2)C(=O)Cc2ccccc2)cc1. The van der Waals surface area contributed by atoms with Crippen molar-refractivity contribution in [2.45, 2.75) is 25.6 Å². The normalized spacial score (nSPS) is 11.4. The number of amides is 2. The second-order valence-electron chi connectivity index (χ2n) is 8.69. The Morgan fingerprint density at radius 3 is 2.00 bits per heavy atom. The lowest BCUT2D eigenvalue weighted by atomic mass is 10.0. The fraction of sp³-hybridized carbons (Fsp3) is 0.161. The predicted octanol–water partition coefficient (Wildman–Crippen LogP) is 5.98. The lowest BCUT2D eigenvalue weighted by Crippen LogP contribution is -2.43. The average Bonchev–Trinajstić information content (AvgIpc) is 2.94. The third kappa shape index (κ3) is 7.21. The largest absolute Gasteiger partial charge is 0.497 e. The zero-order valence-electron chi connectivity index (χ0n) is 20.6. The van der Waals surface area contributed by atoms with Crippen molar-refractivity contribution in [2.75, 3.05) is 7.11 Å². The number of carbonyl (C=O) groups is 2. The highest BCUT2D eigenvalue weighted by molar-refractivity contribution is 6.30. The number of halogens is 1. The minimum absolute atomic E-state index is 0.144. The standard InChI is InChI=1S/C31H29ClN2O3/c1-37-28-18-14-24(15-19-28)21-33-31(36)30(26-10-6-3-7-11-26)34(22-25-12-16-27(32)17-13-25)29(35)20-23-8-4-2-5-9-23/h2-19,30H,20-22H2,1H3,(H,33,36)/t30-/m1/s1. The molecule has 0 fully saturated rings. The van der Waals surface area contributed by atoms with Crippen LogP contribution < -0.4 is 10.1 Å². The van der Waals surface area contributed by atoms with Gasteiger partial charge in [-0.1, -0.05) is 96.5 Å². The third-order valence-corrected chi connectivity index (χ3v) is 6.34. The molecule has 6 heteroatoms. The fourth-order valence-corrected chi connectivity index (χ4v) is 4.25. The number of ether oxygens (including phenoxy) is 1. The summed E-state index contributed by atoms with van der Waals surface area (Å²) in [6.45, 7) is 0.589. The maximum atomic E-state index is 13.8. The van der Waals surface area contributed by atoms with Crippen LogP contribution in [-0.2, 0) is 29.1 Å². The van der Waals surface area contributed by atoms with Gasteiger partial charge in [-0.3, -0.25) is 9.59 Å². The third-order valence-electron chi connectivity index (χ3n) is 6.09. The molecular formula is C31H29ClN2O3. The van der Waals surface area contributed by atoms with E-state index in [1.165, 1.54) is 0 Å². The van der Waals surface area contributed by atoms with Crippen LogP contribution >= 0.6 is 11.6 Å². The first-order valence-corrected chi connectivity index (χ1v) is 12.4.